The van der Waals surface area contributed by atoms with Gasteiger partial charge in [0.1, 0.15) is 0 Å². The Morgan fingerprint density at radius 3 is 1.22 bits per heavy atom. The summed E-state index contributed by atoms with van der Waals surface area (Å²) < 4.78 is 0. The third kappa shape index (κ3) is 29.6. The highest BCUT2D eigenvalue weighted by atomic mass is 17.2. The fourth-order valence-corrected chi connectivity index (χ4v) is 3.07. The predicted octanol–water partition coefficient (Wildman–Crippen LogP) is 8.03. The topological polar surface area (TPSA) is 125 Å². The van der Waals surface area contributed by atoms with Crippen LogP contribution < -0.4 is 0 Å². The third-order valence-electron chi connectivity index (χ3n) is 5.45. The number of rotatable bonds is 20. The van der Waals surface area contributed by atoms with Crippen molar-refractivity contribution in [3.63, 3.8) is 0 Å². The molecule has 0 aromatic heterocycles. The van der Waals surface area contributed by atoms with Crippen molar-refractivity contribution in [2.75, 3.05) is 13.1 Å². The van der Waals surface area contributed by atoms with Crippen LogP contribution in [0, 0.1) is 34.5 Å². The molecule has 36 heavy (non-hydrogen) atoms. The average Bonchev–Trinajstić information content (AvgIpc) is 2.88. The number of nitrogens with zero attached hydrogens (tertiary/aromatic N) is 4. The highest BCUT2D eigenvalue weighted by Crippen LogP contribution is 2.10. The molecule has 0 N–H and O–H groups in total. The summed E-state index contributed by atoms with van der Waals surface area (Å²) in [6, 6.07) is 4.10. The molecule has 0 amide bonds. The molecule has 0 aromatic rings. The van der Waals surface area contributed by atoms with Crippen LogP contribution in [0.5, 0.6) is 0 Å². The molecule has 8 nitrogen and oxygen atoms in total. The molecule has 0 saturated carbocycles. The van der Waals surface area contributed by atoms with E-state index in [1.54, 1.807) is 13.8 Å². The van der Waals surface area contributed by atoms with Crippen molar-refractivity contribution < 1.29 is 19.4 Å². The summed E-state index contributed by atoms with van der Waals surface area (Å²) in [5.74, 6) is -1.05. The van der Waals surface area contributed by atoms with Gasteiger partial charge < -0.3 is 0 Å². The fourth-order valence-electron chi connectivity index (χ4n) is 3.07. The van der Waals surface area contributed by atoms with Gasteiger partial charge in [-0.1, -0.05) is 90.9 Å². The van der Waals surface area contributed by atoms with Crippen molar-refractivity contribution in [2.24, 2.45) is 22.1 Å². The van der Waals surface area contributed by atoms with Gasteiger partial charge in [0.2, 0.25) is 0 Å². The van der Waals surface area contributed by atoms with Crippen LogP contribution >= 0.6 is 0 Å². The Hall–Kier alpha value is -2.48. The second kappa shape index (κ2) is 28.8. The Labute approximate surface area is 219 Å². The summed E-state index contributed by atoms with van der Waals surface area (Å²) in [6.07, 6.45) is 16.7. The Bertz CT molecular complexity index is 586. The van der Waals surface area contributed by atoms with Gasteiger partial charge in [0.05, 0.1) is 49.9 Å². The van der Waals surface area contributed by atoms with Crippen LogP contribution in [-0.2, 0) is 19.4 Å². The van der Waals surface area contributed by atoms with Crippen molar-refractivity contribution in [3.8, 4) is 12.1 Å². The van der Waals surface area contributed by atoms with Gasteiger partial charge in [-0.3, -0.25) is 0 Å². The van der Waals surface area contributed by atoms with E-state index >= 15 is 0 Å². The highest BCUT2D eigenvalue weighted by molar-refractivity contribution is 5.72. The van der Waals surface area contributed by atoms with Gasteiger partial charge in [-0.05, 0) is 26.7 Å². The van der Waals surface area contributed by atoms with Gasteiger partial charge in [-0.2, -0.15) is 20.8 Å². The van der Waals surface area contributed by atoms with Crippen LogP contribution in [-0.4, -0.2) is 25.0 Å². The standard InChI is InChI=1S/C20H38O4.C8H12N4/c1-3-5-7-9-11-13-15-17-19(21)23-24-20(22)18-16-14-12-10-8-6-4-2;1-7(3-9)5-11-12-6-8(2)4-10/h3-18H2,1-2H3;7-8H,5-6H2,1-2H3. The van der Waals surface area contributed by atoms with Crippen LogP contribution in [0.25, 0.3) is 0 Å². The molecule has 0 aliphatic rings. The molecule has 0 saturated heterocycles. The Kier molecular flexibility index (Phi) is 28.5. The van der Waals surface area contributed by atoms with Crippen molar-refractivity contribution in [3.05, 3.63) is 0 Å². The van der Waals surface area contributed by atoms with Gasteiger partial charge in [0.15, 0.2) is 0 Å². The van der Waals surface area contributed by atoms with E-state index in [1.165, 1.54) is 51.4 Å². The zero-order valence-corrected chi connectivity index (χ0v) is 23.3. The van der Waals surface area contributed by atoms with Crippen molar-refractivity contribution in [1.29, 1.82) is 10.5 Å². The Balaban J connectivity index is 0. The number of hydrogen-bond acceptors (Lipinski definition) is 8. The molecule has 0 aliphatic heterocycles. The maximum atomic E-state index is 11.5. The summed E-state index contributed by atoms with van der Waals surface area (Å²) in [5, 5.41) is 24.3. The van der Waals surface area contributed by atoms with Crippen LogP contribution in [0.4, 0.5) is 0 Å². The minimum atomic E-state index is -0.434. The Morgan fingerprint density at radius 2 is 0.917 bits per heavy atom. The molecule has 0 aliphatic carbocycles. The third-order valence-corrected chi connectivity index (χ3v) is 5.45. The van der Waals surface area contributed by atoms with Gasteiger partial charge in [0.25, 0.3) is 0 Å². The highest BCUT2D eigenvalue weighted by Gasteiger charge is 2.09. The number of unbranched alkanes of at least 4 members (excludes halogenated alkanes) is 12. The summed E-state index contributed by atoms with van der Waals surface area (Å²) in [4.78, 5) is 32.1. The van der Waals surface area contributed by atoms with Gasteiger partial charge in [-0.15, -0.1) is 0 Å². The summed E-state index contributed by atoms with van der Waals surface area (Å²) in [7, 11) is 0. The number of hydrogen-bond donors (Lipinski definition) is 0. The van der Waals surface area contributed by atoms with E-state index < -0.39 is 11.9 Å². The first-order valence-electron chi connectivity index (χ1n) is 13.9. The van der Waals surface area contributed by atoms with Crippen molar-refractivity contribution in [1.82, 2.24) is 0 Å². The number of carbonyl (C=O) groups is 2. The van der Waals surface area contributed by atoms with E-state index in [4.69, 9.17) is 10.5 Å². The maximum absolute atomic E-state index is 11.5. The van der Waals surface area contributed by atoms with E-state index in [9.17, 15) is 9.59 Å². The van der Waals surface area contributed by atoms with Crippen LogP contribution in [0.1, 0.15) is 130 Å². The van der Waals surface area contributed by atoms with Gasteiger partial charge >= 0.3 is 11.9 Å². The minimum absolute atomic E-state index is 0.0915. The quantitative estimate of drug-likeness (QED) is 0.0712. The molecule has 0 aromatic carbocycles. The number of azo groups is 1. The molecule has 2 atom stereocenters. The van der Waals surface area contributed by atoms with Crippen LogP contribution in [0.3, 0.4) is 0 Å². The van der Waals surface area contributed by atoms with Gasteiger partial charge in [0, 0.05) is 0 Å². The molecule has 0 fully saturated rings. The Morgan fingerprint density at radius 1 is 0.611 bits per heavy atom. The summed E-state index contributed by atoms with van der Waals surface area (Å²) in [5.41, 5.74) is 0. The van der Waals surface area contributed by atoms with E-state index in [0.29, 0.717) is 25.9 Å². The second-order valence-electron chi connectivity index (χ2n) is 9.36. The van der Waals surface area contributed by atoms with E-state index in [-0.39, 0.29) is 11.8 Å². The summed E-state index contributed by atoms with van der Waals surface area (Å²) in [6.45, 7) is 8.82. The lowest BCUT2D eigenvalue weighted by molar-refractivity contribution is -0.259. The van der Waals surface area contributed by atoms with E-state index in [2.05, 4.69) is 33.9 Å². The van der Waals surface area contributed by atoms with Crippen molar-refractivity contribution in [2.45, 2.75) is 130 Å². The largest absolute Gasteiger partial charge is 0.355 e. The zero-order valence-electron chi connectivity index (χ0n) is 23.3. The minimum Gasteiger partial charge on any atom is -0.247 e. The van der Waals surface area contributed by atoms with Gasteiger partial charge in [-0.25, -0.2) is 19.4 Å². The number of nitriles is 2. The first kappa shape index (κ1) is 35.7. The SMILES string of the molecule is CC(C#N)CN=NCC(C)C#N.CCCCCCCCCC(=O)OOC(=O)CCCCCCCCC. The molecule has 206 valence electrons. The molecule has 0 heterocycles. The molecular weight excluding hydrogens is 456 g/mol. The molecule has 0 radical (unpaired) electrons. The first-order chi connectivity index (χ1) is 17.4. The lowest BCUT2D eigenvalue weighted by Gasteiger charge is -2.04. The maximum Gasteiger partial charge on any atom is 0.355 e. The molecular formula is C28H50N4O4. The van der Waals surface area contributed by atoms with Crippen LogP contribution in [0.2, 0.25) is 0 Å². The monoisotopic (exact) mass is 506 g/mol. The first-order valence-corrected chi connectivity index (χ1v) is 13.9. The zero-order chi connectivity index (χ0) is 27.3. The van der Waals surface area contributed by atoms with Crippen LogP contribution in [0.15, 0.2) is 10.2 Å². The van der Waals surface area contributed by atoms with E-state index in [0.717, 1.165) is 38.5 Å². The molecule has 0 rings (SSSR count). The molecule has 0 spiro atoms. The van der Waals surface area contributed by atoms with Crippen molar-refractivity contribution >= 4 is 11.9 Å². The molecule has 8 heteroatoms. The smallest absolute Gasteiger partial charge is 0.247 e. The molecule has 2 unspecified atom stereocenters. The average molecular weight is 507 g/mol. The lowest BCUT2D eigenvalue weighted by atomic mass is 10.1. The fraction of sp³-hybridized carbons (Fsp3) is 0.857. The lowest BCUT2D eigenvalue weighted by Crippen LogP contribution is -2.11. The predicted molar refractivity (Wildman–Crippen MR) is 142 cm³/mol. The molecule has 0 bridgehead atoms. The normalized spacial score (nSPS) is 12.1. The number of carbonyl (C=O) groups excluding carboxylic acids is 2. The van der Waals surface area contributed by atoms with E-state index in [1.807, 2.05) is 12.1 Å². The second-order valence-corrected chi connectivity index (χ2v) is 9.36. The summed E-state index contributed by atoms with van der Waals surface area (Å²) >= 11 is 0.